The van der Waals surface area contributed by atoms with E-state index in [-0.39, 0.29) is 28.4 Å². The molecule has 0 saturated carbocycles. The zero-order valence-electron chi connectivity index (χ0n) is 43.9. The number of fused-ring (bicyclic) bond motifs is 10. The highest BCUT2D eigenvalue weighted by molar-refractivity contribution is 7.00. The Morgan fingerprint density at radius 3 is 1.60 bits per heavy atom. The largest absolute Gasteiger partial charge is 0.311 e. The maximum Gasteiger partial charge on any atom is 0.252 e. The van der Waals surface area contributed by atoms with Crippen LogP contribution < -0.4 is 21.3 Å². The smallest absolute Gasteiger partial charge is 0.252 e. The second-order valence-corrected chi connectivity index (χ2v) is 25.5. The molecule has 2 aromatic heterocycles. The number of benzene rings is 9. The molecule has 3 nitrogen and oxygen atoms in total. The fraction of sp³-hybridized carbons (Fsp3) is 0.235. The summed E-state index contributed by atoms with van der Waals surface area (Å²) in [7, 11) is 0. The van der Waals surface area contributed by atoms with Crippen molar-refractivity contribution < 1.29 is 0 Å². The van der Waals surface area contributed by atoms with Crippen molar-refractivity contribution in [2.24, 2.45) is 0 Å². The van der Waals surface area contributed by atoms with E-state index in [4.69, 9.17) is 0 Å². The molecule has 0 amide bonds. The zero-order chi connectivity index (χ0) is 49.7. The molecule has 0 bridgehead atoms. The molecule has 0 N–H and O–H groups in total. The topological polar surface area (TPSA) is 13.1 Å². The van der Waals surface area contributed by atoms with Crippen molar-refractivity contribution >= 4 is 94.5 Å². The van der Waals surface area contributed by atoms with Crippen LogP contribution in [-0.4, -0.2) is 15.8 Å². The molecule has 1 aliphatic carbocycles. The van der Waals surface area contributed by atoms with Gasteiger partial charge in [0.05, 0.1) is 22.2 Å². The summed E-state index contributed by atoms with van der Waals surface area (Å²) in [5.41, 5.74) is 25.7. The summed E-state index contributed by atoms with van der Waals surface area (Å²) >= 11 is 0. The van der Waals surface area contributed by atoms with Crippen molar-refractivity contribution in [3.63, 3.8) is 0 Å². The molecule has 2 aliphatic heterocycles. The van der Waals surface area contributed by atoms with E-state index in [9.17, 15) is 0 Å². The summed E-state index contributed by atoms with van der Waals surface area (Å²) in [5.74, 6) is 0. The molecular formula is C68H62BN3. The van der Waals surface area contributed by atoms with Gasteiger partial charge >= 0.3 is 0 Å². The average molecular weight is 932 g/mol. The lowest BCUT2D eigenvalue weighted by Crippen LogP contribution is -2.60. The summed E-state index contributed by atoms with van der Waals surface area (Å²) in [6, 6.07) is 62.0. The summed E-state index contributed by atoms with van der Waals surface area (Å²) in [5, 5.41) is 7.90. The molecule has 14 rings (SSSR count). The molecule has 0 unspecified atom stereocenters. The van der Waals surface area contributed by atoms with E-state index in [1.54, 1.807) is 0 Å². The normalized spacial score (nSPS) is 14.1. The van der Waals surface area contributed by atoms with Crippen LogP contribution in [0.5, 0.6) is 0 Å². The van der Waals surface area contributed by atoms with Crippen LogP contribution in [0.3, 0.4) is 0 Å². The molecule has 0 atom stereocenters. The molecule has 352 valence electrons. The van der Waals surface area contributed by atoms with Crippen molar-refractivity contribution in [2.45, 2.75) is 105 Å². The average Bonchev–Trinajstić information content (AvgIpc) is 3.83. The van der Waals surface area contributed by atoms with Gasteiger partial charge in [-0.2, -0.15) is 0 Å². The van der Waals surface area contributed by atoms with Crippen LogP contribution in [-0.2, 0) is 21.7 Å². The molecule has 4 heteroatoms. The van der Waals surface area contributed by atoms with E-state index in [2.05, 4.69) is 255 Å². The summed E-state index contributed by atoms with van der Waals surface area (Å²) in [4.78, 5) is 2.61. The number of nitrogens with zero attached hydrogens (tertiary/aromatic N) is 3. The molecule has 4 heterocycles. The standard InChI is InChI=1S/C68H62BN3/c1-65(2,3)40-24-28-44(29-25-40)70-55-32-27-42(67(7,8)9)35-52(55)69-53-36-43(68(10,11)12)34-51-50-33-41(66(4,5)6)26-31-54(50)72(64(51)53)59-38-45(37-58(70)63(59)69)71-56-22-16-21-49-47-19-14-13-18-46(47)48-20-15-17-39-23-30-57(71)62(60(39)48)61(49)56/h13-38H,1-12H3. The molecule has 0 radical (unpaired) electrons. The minimum atomic E-state index is -0.0676. The summed E-state index contributed by atoms with van der Waals surface area (Å²) < 4.78 is 5.27. The van der Waals surface area contributed by atoms with Gasteiger partial charge in [-0.3, -0.25) is 0 Å². The van der Waals surface area contributed by atoms with Crippen LogP contribution in [0.4, 0.5) is 17.1 Å². The van der Waals surface area contributed by atoms with Crippen molar-refractivity contribution in [1.82, 2.24) is 9.13 Å². The minimum absolute atomic E-state index is 0.00602. The summed E-state index contributed by atoms with van der Waals surface area (Å²) in [6.45, 7) is 28.2. The number of hydrogen-bond donors (Lipinski definition) is 0. The first-order chi connectivity index (χ1) is 34.3. The zero-order valence-corrected chi connectivity index (χ0v) is 43.9. The monoisotopic (exact) mass is 932 g/mol. The predicted molar refractivity (Wildman–Crippen MR) is 311 cm³/mol. The third-order valence-corrected chi connectivity index (χ3v) is 16.8. The SMILES string of the molecule is CC(C)(C)c1ccc(N2c3ccc(C(C)(C)C)cc3B3c4c2cc(-n2c5cccc6c5c5c7c(cccc7ccc52)-c2ccccc2-6)cc4-n2c4ccc(C(C)(C)C)cc4c4cc(C(C)(C)C)cc3c42)cc1. The number of aromatic nitrogens is 2. The predicted octanol–water partition coefficient (Wildman–Crippen LogP) is 16.5. The Labute approximate surface area is 424 Å². The van der Waals surface area contributed by atoms with Crippen molar-refractivity contribution in [2.75, 3.05) is 4.90 Å². The van der Waals surface area contributed by atoms with Crippen molar-refractivity contribution in [3.05, 3.63) is 180 Å². The third-order valence-electron chi connectivity index (χ3n) is 16.8. The van der Waals surface area contributed by atoms with Gasteiger partial charge in [0.2, 0.25) is 0 Å². The lowest BCUT2D eigenvalue weighted by molar-refractivity contribution is 0.590. The van der Waals surface area contributed by atoms with Gasteiger partial charge in [-0.1, -0.05) is 180 Å². The molecule has 11 aromatic rings. The first-order valence-electron chi connectivity index (χ1n) is 26.2. The Bertz CT molecular complexity index is 4190. The van der Waals surface area contributed by atoms with Crippen LogP contribution >= 0.6 is 0 Å². The van der Waals surface area contributed by atoms with E-state index in [0.717, 1.165) is 5.69 Å². The van der Waals surface area contributed by atoms with Gasteiger partial charge in [0.15, 0.2) is 0 Å². The lowest BCUT2D eigenvalue weighted by atomic mass is 9.33. The molecule has 0 fully saturated rings. The molecular weight excluding hydrogens is 870 g/mol. The Kier molecular flexibility index (Phi) is 8.59. The number of anilines is 3. The number of rotatable bonds is 2. The molecule has 3 aliphatic rings. The van der Waals surface area contributed by atoms with E-state index in [1.165, 1.54) is 138 Å². The highest BCUT2D eigenvalue weighted by Crippen LogP contribution is 2.51. The summed E-state index contributed by atoms with van der Waals surface area (Å²) in [6.07, 6.45) is 0. The second-order valence-electron chi connectivity index (χ2n) is 25.5. The van der Waals surface area contributed by atoms with Gasteiger partial charge in [0.25, 0.3) is 6.71 Å². The van der Waals surface area contributed by atoms with E-state index in [1.807, 2.05) is 0 Å². The van der Waals surface area contributed by atoms with Gasteiger partial charge in [-0.15, -0.1) is 0 Å². The van der Waals surface area contributed by atoms with E-state index in [0.29, 0.717) is 0 Å². The van der Waals surface area contributed by atoms with Crippen LogP contribution in [0.25, 0.3) is 88.0 Å². The highest BCUT2D eigenvalue weighted by Gasteiger charge is 2.44. The maximum absolute atomic E-state index is 2.67. The molecule has 0 saturated heterocycles. The van der Waals surface area contributed by atoms with Gasteiger partial charge < -0.3 is 14.0 Å². The van der Waals surface area contributed by atoms with E-state index >= 15 is 0 Å². The maximum atomic E-state index is 2.67. The Balaban J connectivity index is 1.18. The first-order valence-corrected chi connectivity index (χ1v) is 26.2. The quantitative estimate of drug-likeness (QED) is 0.157. The second kappa shape index (κ2) is 14.2. The fourth-order valence-corrected chi connectivity index (χ4v) is 13.0. The van der Waals surface area contributed by atoms with Crippen LogP contribution in [0.15, 0.2) is 158 Å². The van der Waals surface area contributed by atoms with Crippen molar-refractivity contribution in [1.29, 1.82) is 0 Å². The third kappa shape index (κ3) is 5.93. The fourth-order valence-electron chi connectivity index (χ4n) is 13.0. The highest BCUT2D eigenvalue weighted by atomic mass is 15.2. The number of hydrogen-bond acceptors (Lipinski definition) is 1. The Hall–Kier alpha value is -7.30. The van der Waals surface area contributed by atoms with Crippen LogP contribution in [0.1, 0.15) is 105 Å². The molecule has 9 aromatic carbocycles. The van der Waals surface area contributed by atoms with Gasteiger partial charge in [-0.25, -0.2) is 0 Å². The van der Waals surface area contributed by atoms with E-state index < -0.39 is 0 Å². The Morgan fingerprint density at radius 2 is 0.903 bits per heavy atom. The lowest BCUT2D eigenvalue weighted by Gasteiger charge is -2.41. The molecule has 0 spiro atoms. The van der Waals surface area contributed by atoms with Gasteiger partial charge in [0, 0.05) is 49.8 Å². The van der Waals surface area contributed by atoms with Crippen molar-refractivity contribution in [3.8, 4) is 33.6 Å². The Morgan fingerprint density at radius 1 is 0.347 bits per heavy atom. The van der Waals surface area contributed by atoms with Gasteiger partial charge in [0.1, 0.15) is 0 Å². The molecule has 72 heavy (non-hydrogen) atoms. The van der Waals surface area contributed by atoms with Crippen LogP contribution in [0.2, 0.25) is 0 Å². The minimum Gasteiger partial charge on any atom is -0.311 e. The van der Waals surface area contributed by atoms with Gasteiger partial charge in [-0.05, 0) is 154 Å². The first kappa shape index (κ1) is 43.5. The van der Waals surface area contributed by atoms with Crippen LogP contribution in [0, 0.1) is 0 Å².